The quantitative estimate of drug-likeness (QED) is 0.773. The summed E-state index contributed by atoms with van der Waals surface area (Å²) in [5, 5.41) is 6.90. The minimum Gasteiger partial charge on any atom is -0.328 e. The van der Waals surface area contributed by atoms with Crippen LogP contribution in [0.2, 0.25) is 0 Å². The molecule has 1 heterocycles. The van der Waals surface area contributed by atoms with Crippen molar-refractivity contribution in [1.82, 2.24) is 14.7 Å². The highest BCUT2D eigenvalue weighted by molar-refractivity contribution is 5.88. The first-order valence-corrected chi connectivity index (χ1v) is 4.57. The number of aryl methyl sites for hydroxylation is 2. The van der Waals surface area contributed by atoms with Crippen molar-refractivity contribution < 1.29 is 4.79 Å². The molecule has 0 atom stereocenters. The van der Waals surface area contributed by atoms with Gasteiger partial charge in [-0.05, 0) is 13.8 Å². The maximum atomic E-state index is 11.5. The predicted octanol–water partition coefficient (Wildman–Crippen LogP) is 1.21. The standard InChI is InChI=1S/C9H16N4O/c1-5-12(3)9(14)10-8-6-7(2)11-13(8)4/h6H,5H2,1-4H3,(H,10,14). The molecule has 1 rings (SSSR count). The van der Waals surface area contributed by atoms with Crippen LogP contribution in [-0.2, 0) is 7.05 Å². The van der Waals surface area contributed by atoms with Crippen LogP contribution in [0.15, 0.2) is 6.07 Å². The molecule has 0 aliphatic rings. The van der Waals surface area contributed by atoms with Crippen molar-refractivity contribution in [3.05, 3.63) is 11.8 Å². The molecule has 0 spiro atoms. The Morgan fingerprint density at radius 2 is 2.36 bits per heavy atom. The number of aromatic nitrogens is 2. The van der Waals surface area contributed by atoms with E-state index < -0.39 is 0 Å². The van der Waals surface area contributed by atoms with E-state index in [9.17, 15) is 4.79 Å². The van der Waals surface area contributed by atoms with Crippen molar-refractivity contribution in [3.8, 4) is 0 Å². The van der Waals surface area contributed by atoms with E-state index >= 15 is 0 Å². The third-order valence-electron chi connectivity index (χ3n) is 2.06. The zero-order valence-electron chi connectivity index (χ0n) is 9.03. The summed E-state index contributed by atoms with van der Waals surface area (Å²) in [4.78, 5) is 13.1. The molecule has 2 amide bonds. The summed E-state index contributed by atoms with van der Waals surface area (Å²) in [5.41, 5.74) is 0.891. The average molecular weight is 196 g/mol. The number of nitrogens with zero attached hydrogens (tertiary/aromatic N) is 3. The molecule has 78 valence electrons. The summed E-state index contributed by atoms with van der Waals surface area (Å²) < 4.78 is 1.65. The molecule has 1 aromatic rings. The number of amides is 2. The van der Waals surface area contributed by atoms with Crippen molar-refractivity contribution in [2.45, 2.75) is 13.8 Å². The van der Waals surface area contributed by atoms with Crippen molar-refractivity contribution in [1.29, 1.82) is 0 Å². The second kappa shape index (κ2) is 4.13. The molecule has 0 bridgehead atoms. The Labute approximate surface area is 83.7 Å². The molecule has 1 aromatic heterocycles. The van der Waals surface area contributed by atoms with Crippen LogP contribution in [0, 0.1) is 6.92 Å². The molecule has 5 heteroatoms. The normalized spacial score (nSPS) is 10.0. The number of hydrogen-bond donors (Lipinski definition) is 1. The van der Waals surface area contributed by atoms with Gasteiger partial charge in [0.15, 0.2) is 0 Å². The fourth-order valence-electron chi connectivity index (χ4n) is 1.08. The van der Waals surface area contributed by atoms with Crippen molar-refractivity contribution in [2.75, 3.05) is 18.9 Å². The Balaban J connectivity index is 2.69. The fourth-order valence-corrected chi connectivity index (χ4v) is 1.08. The third kappa shape index (κ3) is 2.25. The number of rotatable bonds is 2. The molecule has 0 aliphatic heterocycles. The lowest BCUT2D eigenvalue weighted by Gasteiger charge is -2.15. The Bertz CT molecular complexity index is 332. The van der Waals surface area contributed by atoms with Gasteiger partial charge in [-0.15, -0.1) is 0 Å². The van der Waals surface area contributed by atoms with Crippen LogP contribution in [-0.4, -0.2) is 34.3 Å². The van der Waals surface area contributed by atoms with Gasteiger partial charge in [0.05, 0.1) is 5.69 Å². The molecule has 0 aromatic carbocycles. The molecular formula is C9H16N4O. The first-order chi connectivity index (χ1) is 6.54. The van der Waals surface area contributed by atoms with Crippen molar-refractivity contribution in [3.63, 3.8) is 0 Å². The monoisotopic (exact) mass is 196 g/mol. The summed E-state index contributed by atoms with van der Waals surface area (Å²) in [7, 11) is 3.55. The number of anilines is 1. The van der Waals surface area contributed by atoms with Gasteiger partial charge in [0.1, 0.15) is 5.82 Å². The first kappa shape index (κ1) is 10.6. The number of carbonyl (C=O) groups is 1. The topological polar surface area (TPSA) is 50.2 Å². The van der Waals surface area contributed by atoms with E-state index in [-0.39, 0.29) is 6.03 Å². The van der Waals surface area contributed by atoms with Crippen LogP contribution in [0.25, 0.3) is 0 Å². The molecule has 0 saturated heterocycles. The number of carbonyl (C=O) groups excluding carboxylic acids is 1. The molecule has 14 heavy (non-hydrogen) atoms. The SMILES string of the molecule is CCN(C)C(=O)Nc1cc(C)nn1C. The van der Waals surface area contributed by atoms with Gasteiger partial charge in [-0.25, -0.2) is 4.79 Å². The van der Waals surface area contributed by atoms with Gasteiger partial charge >= 0.3 is 6.03 Å². The van der Waals surface area contributed by atoms with Gasteiger partial charge in [-0.1, -0.05) is 0 Å². The second-order valence-corrected chi connectivity index (χ2v) is 3.24. The molecular weight excluding hydrogens is 180 g/mol. The van der Waals surface area contributed by atoms with E-state index in [0.717, 1.165) is 5.69 Å². The van der Waals surface area contributed by atoms with E-state index in [1.165, 1.54) is 0 Å². The summed E-state index contributed by atoms with van der Waals surface area (Å²) >= 11 is 0. The van der Waals surface area contributed by atoms with Crippen LogP contribution >= 0.6 is 0 Å². The van der Waals surface area contributed by atoms with Gasteiger partial charge in [0, 0.05) is 26.7 Å². The van der Waals surface area contributed by atoms with Gasteiger partial charge < -0.3 is 4.90 Å². The maximum absolute atomic E-state index is 11.5. The van der Waals surface area contributed by atoms with Crippen LogP contribution in [0.1, 0.15) is 12.6 Å². The van der Waals surface area contributed by atoms with Gasteiger partial charge in [0.2, 0.25) is 0 Å². The van der Waals surface area contributed by atoms with E-state index in [4.69, 9.17) is 0 Å². The van der Waals surface area contributed by atoms with Crippen LogP contribution < -0.4 is 5.32 Å². The summed E-state index contributed by atoms with van der Waals surface area (Å²) in [6.07, 6.45) is 0. The van der Waals surface area contributed by atoms with Crippen molar-refractivity contribution in [2.24, 2.45) is 7.05 Å². The zero-order valence-corrected chi connectivity index (χ0v) is 9.03. The predicted molar refractivity (Wildman–Crippen MR) is 55.3 cm³/mol. The van der Waals surface area contributed by atoms with Gasteiger partial charge in [0.25, 0.3) is 0 Å². The Hall–Kier alpha value is -1.52. The van der Waals surface area contributed by atoms with Crippen LogP contribution in [0.4, 0.5) is 10.6 Å². The minimum atomic E-state index is -0.115. The summed E-state index contributed by atoms with van der Waals surface area (Å²) in [6, 6.07) is 1.72. The lowest BCUT2D eigenvalue weighted by molar-refractivity contribution is 0.224. The molecule has 0 radical (unpaired) electrons. The van der Waals surface area contributed by atoms with E-state index in [1.807, 2.05) is 19.9 Å². The fraction of sp³-hybridized carbons (Fsp3) is 0.556. The Kier molecular flexibility index (Phi) is 3.11. The van der Waals surface area contributed by atoms with E-state index in [2.05, 4.69) is 10.4 Å². The summed E-state index contributed by atoms with van der Waals surface area (Å²) in [6.45, 7) is 4.50. The lowest BCUT2D eigenvalue weighted by atomic mass is 10.5. The Morgan fingerprint density at radius 3 is 2.79 bits per heavy atom. The minimum absolute atomic E-state index is 0.115. The second-order valence-electron chi connectivity index (χ2n) is 3.24. The highest BCUT2D eigenvalue weighted by Gasteiger charge is 2.09. The Morgan fingerprint density at radius 1 is 1.71 bits per heavy atom. The number of nitrogens with one attached hydrogen (secondary N) is 1. The molecule has 0 saturated carbocycles. The molecule has 0 unspecified atom stereocenters. The smallest absolute Gasteiger partial charge is 0.322 e. The van der Waals surface area contributed by atoms with E-state index in [1.54, 1.807) is 23.7 Å². The average Bonchev–Trinajstić information content (AvgIpc) is 2.44. The highest BCUT2D eigenvalue weighted by Crippen LogP contribution is 2.08. The zero-order chi connectivity index (χ0) is 10.7. The van der Waals surface area contributed by atoms with Crippen LogP contribution in [0.3, 0.4) is 0 Å². The van der Waals surface area contributed by atoms with Crippen molar-refractivity contribution >= 4 is 11.8 Å². The molecule has 0 fully saturated rings. The lowest BCUT2D eigenvalue weighted by Crippen LogP contribution is -2.31. The molecule has 5 nitrogen and oxygen atoms in total. The highest BCUT2D eigenvalue weighted by atomic mass is 16.2. The van der Waals surface area contributed by atoms with E-state index in [0.29, 0.717) is 12.4 Å². The maximum Gasteiger partial charge on any atom is 0.322 e. The molecule has 1 N–H and O–H groups in total. The number of hydrogen-bond acceptors (Lipinski definition) is 2. The molecule has 0 aliphatic carbocycles. The third-order valence-corrected chi connectivity index (χ3v) is 2.06. The van der Waals surface area contributed by atoms with Gasteiger partial charge in [-0.3, -0.25) is 10.00 Å². The number of urea groups is 1. The van der Waals surface area contributed by atoms with Gasteiger partial charge in [-0.2, -0.15) is 5.10 Å². The van der Waals surface area contributed by atoms with Crippen LogP contribution in [0.5, 0.6) is 0 Å². The largest absolute Gasteiger partial charge is 0.328 e. The first-order valence-electron chi connectivity index (χ1n) is 4.57. The summed E-state index contributed by atoms with van der Waals surface area (Å²) in [5.74, 6) is 0.716.